The van der Waals surface area contributed by atoms with Crippen molar-refractivity contribution in [3.05, 3.63) is 57.1 Å². The van der Waals surface area contributed by atoms with Gasteiger partial charge in [-0.1, -0.05) is 13.0 Å². The molecule has 0 aliphatic heterocycles. The Kier molecular flexibility index (Phi) is 4.60. The number of nitrogens with zero attached hydrogens (tertiary/aromatic N) is 2. The number of aryl methyl sites for hydroxylation is 2. The number of aromatic nitrogens is 2. The number of Topliss-reactive ketones (excluding diaryl/α,β-unsaturated/α-hetero) is 1. The van der Waals surface area contributed by atoms with Gasteiger partial charge in [-0.05, 0) is 53.0 Å². The lowest BCUT2D eigenvalue weighted by molar-refractivity contribution is 0.0991. The van der Waals surface area contributed by atoms with Crippen LogP contribution in [0.5, 0.6) is 0 Å². The number of halogens is 2. The topological polar surface area (TPSA) is 42.9 Å². The average molecular weight is 337 g/mol. The maximum absolute atomic E-state index is 13.2. The zero-order valence-corrected chi connectivity index (χ0v) is 12.9. The summed E-state index contributed by atoms with van der Waals surface area (Å²) in [6.07, 6.45) is 0.873. The Balaban J connectivity index is 2.27. The van der Waals surface area contributed by atoms with Crippen LogP contribution >= 0.6 is 15.9 Å². The van der Waals surface area contributed by atoms with Crippen molar-refractivity contribution in [1.29, 1.82) is 0 Å². The van der Waals surface area contributed by atoms with Gasteiger partial charge in [0.1, 0.15) is 5.82 Å². The molecule has 2 aromatic rings. The second-order valence-electron chi connectivity index (χ2n) is 4.55. The van der Waals surface area contributed by atoms with E-state index in [1.165, 1.54) is 6.07 Å². The summed E-state index contributed by atoms with van der Waals surface area (Å²) >= 11 is 3.12. The molecule has 0 N–H and O–H groups in total. The van der Waals surface area contributed by atoms with Crippen LogP contribution in [0.1, 0.15) is 34.2 Å². The molecule has 0 atom stereocenters. The molecule has 20 heavy (non-hydrogen) atoms. The fourth-order valence-corrected chi connectivity index (χ4v) is 2.37. The van der Waals surface area contributed by atoms with Crippen molar-refractivity contribution in [2.24, 2.45) is 0 Å². The molecular weight excluding hydrogens is 323 g/mol. The van der Waals surface area contributed by atoms with Gasteiger partial charge in [0.15, 0.2) is 5.78 Å². The van der Waals surface area contributed by atoms with Crippen LogP contribution in [0.25, 0.3) is 0 Å². The smallest absolute Gasteiger partial charge is 0.169 e. The Morgan fingerprint density at radius 3 is 2.70 bits per heavy atom. The van der Waals surface area contributed by atoms with Crippen molar-refractivity contribution in [3.8, 4) is 0 Å². The summed E-state index contributed by atoms with van der Waals surface area (Å²) in [4.78, 5) is 12.4. The Bertz CT molecular complexity index is 658. The van der Waals surface area contributed by atoms with Gasteiger partial charge in [-0.2, -0.15) is 10.2 Å². The van der Waals surface area contributed by atoms with Gasteiger partial charge in [-0.15, -0.1) is 0 Å². The summed E-state index contributed by atoms with van der Waals surface area (Å²) in [5.41, 5.74) is 2.77. The Morgan fingerprint density at radius 1 is 1.30 bits per heavy atom. The normalized spacial score (nSPS) is 10.6. The van der Waals surface area contributed by atoms with E-state index in [1.54, 1.807) is 25.1 Å². The number of ketones is 1. The second-order valence-corrected chi connectivity index (χ2v) is 5.40. The largest absolute Gasteiger partial charge is 0.294 e. The summed E-state index contributed by atoms with van der Waals surface area (Å²) in [5, 5.41) is 8.02. The minimum atomic E-state index is -0.336. The van der Waals surface area contributed by atoms with E-state index in [0.29, 0.717) is 27.8 Å². The summed E-state index contributed by atoms with van der Waals surface area (Å²) in [7, 11) is 0. The second kappa shape index (κ2) is 6.22. The van der Waals surface area contributed by atoms with Crippen LogP contribution in [0, 0.1) is 12.7 Å². The average Bonchev–Trinajstić information content (AvgIpc) is 2.43. The molecule has 0 amide bonds. The first-order valence-corrected chi connectivity index (χ1v) is 7.11. The van der Waals surface area contributed by atoms with Crippen molar-refractivity contribution in [2.45, 2.75) is 26.7 Å². The van der Waals surface area contributed by atoms with Crippen molar-refractivity contribution in [2.75, 3.05) is 0 Å². The first-order chi connectivity index (χ1) is 9.51. The molecule has 1 aromatic heterocycles. The van der Waals surface area contributed by atoms with Gasteiger partial charge < -0.3 is 0 Å². The fraction of sp³-hybridized carbons (Fsp3) is 0.267. The Hall–Kier alpha value is -1.62. The predicted molar refractivity (Wildman–Crippen MR) is 78.3 cm³/mol. The van der Waals surface area contributed by atoms with E-state index in [4.69, 9.17) is 0 Å². The van der Waals surface area contributed by atoms with E-state index in [9.17, 15) is 9.18 Å². The summed E-state index contributed by atoms with van der Waals surface area (Å²) in [6, 6.07) is 6.35. The van der Waals surface area contributed by atoms with Crippen LogP contribution in [-0.2, 0) is 12.8 Å². The quantitative estimate of drug-likeness (QED) is 0.800. The third-order valence-electron chi connectivity index (χ3n) is 2.98. The van der Waals surface area contributed by atoms with Crippen LogP contribution in [-0.4, -0.2) is 16.0 Å². The highest BCUT2D eigenvalue weighted by Crippen LogP contribution is 2.19. The van der Waals surface area contributed by atoms with E-state index in [-0.39, 0.29) is 18.0 Å². The van der Waals surface area contributed by atoms with Gasteiger partial charge in [0.05, 0.1) is 15.9 Å². The lowest BCUT2D eigenvalue weighted by Gasteiger charge is -2.07. The molecule has 0 aliphatic rings. The standard InChI is InChI=1S/C15H14BrFN2O/c1-3-14-11(6-9(2)18-19-14)15(20)8-10-4-5-13(17)12(16)7-10/h4-7H,3,8H2,1-2H3. The van der Waals surface area contributed by atoms with Crippen LogP contribution in [0.15, 0.2) is 28.7 Å². The molecule has 104 valence electrons. The van der Waals surface area contributed by atoms with Crippen molar-refractivity contribution in [1.82, 2.24) is 10.2 Å². The Morgan fingerprint density at radius 2 is 2.05 bits per heavy atom. The molecule has 0 radical (unpaired) electrons. The molecule has 0 spiro atoms. The maximum atomic E-state index is 13.2. The van der Waals surface area contributed by atoms with Gasteiger partial charge in [0.25, 0.3) is 0 Å². The van der Waals surface area contributed by atoms with E-state index in [2.05, 4.69) is 26.1 Å². The Labute approximate surface area is 125 Å². The zero-order valence-electron chi connectivity index (χ0n) is 11.3. The molecule has 5 heteroatoms. The molecule has 0 aliphatic carbocycles. The lowest BCUT2D eigenvalue weighted by atomic mass is 10.0. The zero-order chi connectivity index (χ0) is 14.7. The minimum absolute atomic E-state index is 0.0293. The number of rotatable bonds is 4. The predicted octanol–water partition coefficient (Wildman–Crippen LogP) is 3.67. The molecule has 1 aromatic carbocycles. The fourth-order valence-electron chi connectivity index (χ4n) is 1.95. The monoisotopic (exact) mass is 336 g/mol. The van der Waals surface area contributed by atoms with Crippen molar-refractivity contribution >= 4 is 21.7 Å². The molecule has 0 unspecified atom stereocenters. The number of carbonyl (C=O) groups excluding carboxylic acids is 1. The van der Waals surface area contributed by atoms with Gasteiger partial charge >= 0.3 is 0 Å². The third kappa shape index (κ3) is 3.28. The molecule has 1 heterocycles. The third-order valence-corrected chi connectivity index (χ3v) is 3.58. The lowest BCUT2D eigenvalue weighted by Crippen LogP contribution is -2.10. The molecule has 0 saturated carbocycles. The first-order valence-electron chi connectivity index (χ1n) is 6.31. The van der Waals surface area contributed by atoms with Crippen LogP contribution in [0.3, 0.4) is 0 Å². The SMILES string of the molecule is CCc1nnc(C)cc1C(=O)Cc1ccc(F)c(Br)c1. The highest BCUT2D eigenvalue weighted by Gasteiger charge is 2.14. The van der Waals surface area contributed by atoms with E-state index in [0.717, 1.165) is 5.56 Å². The molecule has 3 nitrogen and oxygen atoms in total. The van der Waals surface area contributed by atoms with Crippen LogP contribution in [0.4, 0.5) is 4.39 Å². The van der Waals surface area contributed by atoms with Crippen LogP contribution in [0.2, 0.25) is 0 Å². The molecular formula is C15H14BrFN2O. The van der Waals surface area contributed by atoms with E-state index < -0.39 is 0 Å². The molecule has 0 bridgehead atoms. The number of hydrogen-bond donors (Lipinski definition) is 0. The van der Waals surface area contributed by atoms with Gasteiger partial charge in [-0.25, -0.2) is 4.39 Å². The highest BCUT2D eigenvalue weighted by molar-refractivity contribution is 9.10. The summed E-state index contributed by atoms with van der Waals surface area (Å²) < 4.78 is 13.5. The first kappa shape index (κ1) is 14.8. The molecule has 0 fully saturated rings. The minimum Gasteiger partial charge on any atom is -0.294 e. The molecule has 0 saturated heterocycles. The maximum Gasteiger partial charge on any atom is 0.169 e. The number of carbonyl (C=O) groups is 1. The van der Waals surface area contributed by atoms with Gasteiger partial charge in [0.2, 0.25) is 0 Å². The van der Waals surface area contributed by atoms with Crippen molar-refractivity contribution in [3.63, 3.8) is 0 Å². The number of hydrogen-bond acceptors (Lipinski definition) is 3. The summed E-state index contributed by atoms with van der Waals surface area (Å²) in [5.74, 6) is -0.366. The van der Waals surface area contributed by atoms with Gasteiger partial charge in [0, 0.05) is 12.0 Å². The van der Waals surface area contributed by atoms with Crippen molar-refractivity contribution < 1.29 is 9.18 Å². The van der Waals surface area contributed by atoms with E-state index >= 15 is 0 Å². The highest BCUT2D eigenvalue weighted by atomic mass is 79.9. The number of benzene rings is 1. The summed E-state index contributed by atoms with van der Waals surface area (Å²) in [6.45, 7) is 3.74. The van der Waals surface area contributed by atoms with Gasteiger partial charge in [-0.3, -0.25) is 4.79 Å². The molecule has 2 rings (SSSR count). The van der Waals surface area contributed by atoms with Crippen LogP contribution < -0.4 is 0 Å². The van der Waals surface area contributed by atoms with E-state index in [1.807, 2.05) is 6.92 Å².